The molecule has 0 aromatic heterocycles. The highest BCUT2D eigenvalue weighted by molar-refractivity contribution is 7.47. The molecule has 14 nitrogen and oxygen atoms in total. The summed E-state index contributed by atoms with van der Waals surface area (Å²) in [5, 5.41) is 64.0. The lowest BCUT2D eigenvalue weighted by atomic mass is 10.0. The van der Waals surface area contributed by atoms with Crippen molar-refractivity contribution in [2.24, 2.45) is 5.73 Å². The van der Waals surface area contributed by atoms with E-state index in [1.807, 2.05) is 0 Å². The SMILES string of the molecule is N[C@@H](CO)[C@@H](O)[C@@H](O)C(=O)COP(=O)(O)OCC(=O)[C@@H](O)[C@H](O)[C@H](O)CO. The van der Waals surface area contributed by atoms with Crippen LogP contribution < -0.4 is 5.73 Å². The Balaban J connectivity index is 4.55. The Kier molecular flexibility index (Phi) is 11.5. The Hall–Kier alpha value is -0.870. The van der Waals surface area contributed by atoms with Crippen LogP contribution in [0.5, 0.6) is 0 Å². The molecule has 15 heteroatoms. The molecule has 0 saturated carbocycles. The lowest BCUT2D eigenvalue weighted by Crippen LogP contribution is -2.49. The number of carbonyl (C=O) groups excluding carboxylic acids is 2. The maximum Gasteiger partial charge on any atom is 0.473 e. The van der Waals surface area contributed by atoms with Crippen LogP contribution in [-0.2, 0) is 23.2 Å². The summed E-state index contributed by atoms with van der Waals surface area (Å²) in [6.07, 6.45) is -10.2. The highest BCUT2D eigenvalue weighted by Gasteiger charge is 2.34. The van der Waals surface area contributed by atoms with Crippen molar-refractivity contribution < 1.29 is 63.8 Å². The number of aliphatic hydroxyl groups is 7. The van der Waals surface area contributed by atoms with E-state index in [9.17, 15) is 39.5 Å². The fraction of sp³-hybridized carbons (Fsp3) is 0.833. The van der Waals surface area contributed by atoms with E-state index in [1.54, 1.807) is 0 Å². The normalized spacial score (nSPS) is 20.8. The number of phosphoric acid groups is 1. The largest absolute Gasteiger partial charge is 0.473 e. The predicted octanol–water partition coefficient (Wildman–Crippen LogP) is -5.63. The summed E-state index contributed by atoms with van der Waals surface area (Å²) in [6.45, 7) is -4.22. The van der Waals surface area contributed by atoms with Crippen LogP contribution in [0, 0.1) is 0 Å². The molecule has 0 aliphatic rings. The molecule has 10 N–H and O–H groups in total. The minimum atomic E-state index is -5.02. The number of hydrogen-bond donors (Lipinski definition) is 9. The van der Waals surface area contributed by atoms with Gasteiger partial charge in [0.05, 0.1) is 19.3 Å². The number of nitrogens with two attached hydrogens (primary N) is 1. The fourth-order valence-electron chi connectivity index (χ4n) is 1.54. The van der Waals surface area contributed by atoms with Crippen molar-refractivity contribution in [1.82, 2.24) is 0 Å². The van der Waals surface area contributed by atoms with Gasteiger partial charge in [-0.1, -0.05) is 0 Å². The van der Waals surface area contributed by atoms with Gasteiger partial charge in [0, 0.05) is 0 Å². The van der Waals surface area contributed by atoms with Crippen molar-refractivity contribution >= 4 is 19.4 Å². The molecular weight excluding hydrogens is 397 g/mol. The van der Waals surface area contributed by atoms with E-state index in [0.717, 1.165) is 0 Å². The van der Waals surface area contributed by atoms with E-state index in [2.05, 4.69) is 9.05 Å². The van der Waals surface area contributed by atoms with E-state index < -0.39 is 82.4 Å². The summed E-state index contributed by atoms with van der Waals surface area (Å²) < 4.78 is 20.0. The van der Waals surface area contributed by atoms with Crippen LogP contribution in [0.25, 0.3) is 0 Å². The van der Waals surface area contributed by atoms with Gasteiger partial charge in [0.25, 0.3) is 0 Å². The molecule has 0 saturated heterocycles. The number of phosphoric ester groups is 1. The second-order valence-electron chi connectivity index (χ2n) is 5.42. The van der Waals surface area contributed by atoms with Crippen LogP contribution in [0.15, 0.2) is 0 Å². The standard InChI is InChI=1S/C12H24NO13P/c13-5(1-14)9(19)11(21)7(17)3-25-27(23,24)26-4-8(18)12(22)10(20)6(16)2-15/h5-6,9-12,14-16,19-22H,1-4,13H2,(H,23,24)/t5-,6+,9+,10+,11-,12+/m0/s1. The van der Waals surface area contributed by atoms with Crippen LogP contribution in [0.1, 0.15) is 0 Å². The summed E-state index contributed by atoms with van der Waals surface area (Å²) in [7, 11) is -5.02. The quantitative estimate of drug-likeness (QED) is 0.118. The third-order valence-electron chi connectivity index (χ3n) is 3.28. The van der Waals surface area contributed by atoms with Crippen molar-refractivity contribution in [2.45, 2.75) is 36.6 Å². The van der Waals surface area contributed by atoms with Crippen molar-refractivity contribution in [1.29, 1.82) is 0 Å². The van der Waals surface area contributed by atoms with Gasteiger partial charge in [-0.2, -0.15) is 0 Å². The van der Waals surface area contributed by atoms with E-state index in [4.69, 9.17) is 21.1 Å². The molecule has 0 radical (unpaired) electrons. The zero-order valence-corrected chi connectivity index (χ0v) is 14.8. The fourth-order valence-corrected chi connectivity index (χ4v) is 2.20. The average molecular weight is 421 g/mol. The smallest absolute Gasteiger partial charge is 0.395 e. The molecule has 0 amide bonds. The second kappa shape index (κ2) is 11.9. The molecule has 0 spiro atoms. The first-order valence-electron chi connectivity index (χ1n) is 7.42. The monoisotopic (exact) mass is 421 g/mol. The Bertz CT molecular complexity index is 489. The van der Waals surface area contributed by atoms with Crippen molar-refractivity contribution in [3.8, 4) is 0 Å². The third kappa shape index (κ3) is 8.78. The zero-order valence-electron chi connectivity index (χ0n) is 13.9. The second-order valence-corrected chi connectivity index (χ2v) is 6.87. The molecule has 27 heavy (non-hydrogen) atoms. The van der Waals surface area contributed by atoms with Gasteiger partial charge in [-0.25, -0.2) is 4.57 Å². The Morgan fingerprint density at radius 1 is 0.852 bits per heavy atom. The maximum atomic E-state index is 11.6. The molecule has 0 heterocycles. The van der Waals surface area contributed by atoms with Gasteiger partial charge in [0.2, 0.25) is 0 Å². The van der Waals surface area contributed by atoms with Gasteiger partial charge in [-0.15, -0.1) is 0 Å². The predicted molar refractivity (Wildman–Crippen MR) is 83.9 cm³/mol. The van der Waals surface area contributed by atoms with Crippen LogP contribution in [0.3, 0.4) is 0 Å². The van der Waals surface area contributed by atoms with Gasteiger partial charge >= 0.3 is 7.82 Å². The molecular formula is C12H24NO13P. The molecule has 1 unspecified atom stereocenters. The number of ketones is 2. The molecule has 0 aromatic rings. The molecule has 7 atom stereocenters. The minimum absolute atomic E-state index is 0.755. The Labute approximate surface area is 153 Å². The third-order valence-corrected chi connectivity index (χ3v) is 4.19. The zero-order chi connectivity index (χ0) is 21.4. The molecule has 0 aliphatic carbocycles. The van der Waals surface area contributed by atoms with E-state index in [0.29, 0.717) is 0 Å². The summed E-state index contributed by atoms with van der Waals surface area (Å²) in [6, 6.07) is -1.36. The van der Waals surface area contributed by atoms with Gasteiger partial charge in [-0.05, 0) is 0 Å². The van der Waals surface area contributed by atoms with E-state index in [-0.39, 0.29) is 0 Å². The number of carbonyl (C=O) groups is 2. The van der Waals surface area contributed by atoms with Gasteiger partial charge in [0.15, 0.2) is 11.6 Å². The lowest BCUT2D eigenvalue weighted by molar-refractivity contribution is -0.142. The summed E-state index contributed by atoms with van der Waals surface area (Å²) >= 11 is 0. The topological polar surface area (TPSA) is 258 Å². The van der Waals surface area contributed by atoms with Gasteiger partial charge in [0.1, 0.15) is 43.7 Å². The first-order chi connectivity index (χ1) is 12.4. The van der Waals surface area contributed by atoms with Crippen LogP contribution >= 0.6 is 7.82 Å². The van der Waals surface area contributed by atoms with Gasteiger partial charge < -0.3 is 46.4 Å². The Morgan fingerprint density at radius 3 is 1.63 bits per heavy atom. The van der Waals surface area contributed by atoms with Crippen LogP contribution in [-0.4, -0.2) is 115 Å². The number of Topliss-reactive ketones (excluding diaryl/α,β-unsaturated/α-hetero) is 2. The lowest BCUT2D eigenvalue weighted by Gasteiger charge is -2.22. The first kappa shape index (κ1) is 26.1. The van der Waals surface area contributed by atoms with Crippen LogP contribution in [0.2, 0.25) is 0 Å². The minimum Gasteiger partial charge on any atom is -0.395 e. The molecule has 0 aromatic carbocycles. The highest BCUT2D eigenvalue weighted by Crippen LogP contribution is 2.43. The molecule has 0 bridgehead atoms. The van der Waals surface area contributed by atoms with E-state index in [1.165, 1.54) is 0 Å². The summed E-state index contributed by atoms with van der Waals surface area (Å²) in [5.41, 5.74) is 5.21. The van der Waals surface area contributed by atoms with Crippen molar-refractivity contribution in [3.05, 3.63) is 0 Å². The summed E-state index contributed by atoms with van der Waals surface area (Å²) in [5.74, 6) is -2.62. The molecule has 0 aliphatic heterocycles. The Morgan fingerprint density at radius 2 is 1.26 bits per heavy atom. The van der Waals surface area contributed by atoms with E-state index >= 15 is 0 Å². The summed E-state index contributed by atoms with van der Waals surface area (Å²) in [4.78, 5) is 32.4. The highest BCUT2D eigenvalue weighted by atomic mass is 31.2. The first-order valence-corrected chi connectivity index (χ1v) is 8.92. The van der Waals surface area contributed by atoms with Gasteiger partial charge in [-0.3, -0.25) is 18.6 Å². The number of rotatable bonds is 14. The average Bonchev–Trinajstić information content (AvgIpc) is 2.66. The molecule has 0 rings (SSSR count). The molecule has 160 valence electrons. The van der Waals surface area contributed by atoms with Crippen molar-refractivity contribution in [2.75, 3.05) is 26.4 Å². The number of hydrogen-bond acceptors (Lipinski definition) is 13. The van der Waals surface area contributed by atoms with Crippen LogP contribution in [0.4, 0.5) is 0 Å². The maximum absolute atomic E-state index is 11.6. The number of aliphatic hydroxyl groups excluding tert-OH is 7. The van der Waals surface area contributed by atoms with Crippen molar-refractivity contribution in [3.63, 3.8) is 0 Å². The molecule has 0 fully saturated rings.